The van der Waals surface area contributed by atoms with Crippen LogP contribution < -0.4 is 0 Å². The molecule has 1 rings (SSSR count). The third-order valence-electron chi connectivity index (χ3n) is 3.75. The lowest BCUT2D eigenvalue weighted by Crippen LogP contribution is -2.30. The summed E-state index contributed by atoms with van der Waals surface area (Å²) in [5.74, 6) is 3.70. The number of rotatable bonds is 6. The first-order valence-corrected chi connectivity index (χ1v) is 7.70. The Morgan fingerprint density at radius 3 is 2.67 bits per heavy atom. The molecular formula is C13H26OS. The van der Waals surface area contributed by atoms with E-state index in [1.54, 1.807) is 0 Å². The Morgan fingerprint density at radius 1 is 1.27 bits per heavy atom. The van der Waals surface area contributed by atoms with Crippen LogP contribution in [0.5, 0.6) is 0 Å². The van der Waals surface area contributed by atoms with E-state index in [9.17, 15) is 5.11 Å². The van der Waals surface area contributed by atoms with E-state index in [-0.39, 0.29) is 6.10 Å². The number of aliphatic hydroxyl groups excluding tert-OH is 1. The molecule has 0 amide bonds. The third kappa shape index (κ3) is 4.36. The zero-order valence-corrected chi connectivity index (χ0v) is 11.1. The Labute approximate surface area is 99.0 Å². The van der Waals surface area contributed by atoms with Crippen LogP contribution in [0.15, 0.2) is 0 Å². The molecule has 15 heavy (non-hydrogen) atoms. The highest BCUT2D eigenvalue weighted by Crippen LogP contribution is 2.35. The van der Waals surface area contributed by atoms with Crippen molar-refractivity contribution in [2.24, 2.45) is 11.8 Å². The molecule has 0 radical (unpaired) electrons. The molecule has 0 saturated heterocycles. The smallest absolute Gasteiger partial charge is 0.0578 e. The fourth-order valence-corrected chi connectivity index (χ4v) is 3.51. The first kappa shape index (κ1) is 13.4. The van der Waals surface area contributed by atoms with E-state index in [1.165, 1.54) is 37.9 Å². The average molecular weight is 230 g/mol. The summed E-state index contributed by atoms with van der Waals surface area (Å²) < 4.78 is 0. The Bertz CT molecular complexity index is 161. The summed E-state index contributed by atoms with van der Waals surface area (Å²) >= 11 is 1.95. The Kier molecular flexibility index (Phi) is 6.74. The zero-order valence-electron chi connectivity index (χ0n) is 10.2. The molecule has 3 atom stereocenters. The zero-order chi connectivity index (χ0) is 11.1. The van der Waals surface area contributed by atoms with Gasteiger partial charge >= 0.3 is 0 Å². The molecule has 3 unspecified atom stereocenters. The van der Waals surface area contributed by atoms with Gasteiger partial charge in [-0.25, -0.2) is 0 Å². The van der Waals surface area contributed by atoms with E-state index in [0.29, 0.717) is 5.92 Å². The van der Waals surface area contributed by atoms with Gasteiger partial charge in [-0.15, -0.1) is 0 Å². The van der Waals surface area contributed by atoms with Crippen molar-refractivity contribution in [1.29, 1.82) is 0 Å². The minimum absolute atomic E-state index is 0.0331. The predicted molar refractivity (Wildman–Crippen MR) is 69.4 cm³/mol. The van der Waals surface area contributed by atoms with Gasteiger partial charge < -0.3 is 5.11 Å². The molecule has 0 aromatic rings. The Hall–Kier alpha value is 0.310. The van der Waals surface area contributed by atoms with E-state index in [2.05, 4.69) is 13.8 Å². The molecule has 0 aromatic carbocycles. The molecule has 0 aromatic heterocycles. The number of hydrogen-bond acceptors (Lipinski definition) is 2. The monoisotopic (exact) mass is 230 g/mol. The summed E-state index contributed by atoms with van der Waals surface area (Å²) in [7, 11) is 0. The average Bonchev–Trinajstić information content (AvgIpc) is 2.29. The fraction of sp³-hybridized carbons (Fsp3) is 1.00. The van der Waals surface area contributed by atoms with E-state index in [1.807, 2.05) is 11.8 Å². The summed E-state index contributed by atoms with van der Waals surface area (Å²) in [6.07, 6.45) is 7.54. The number of aliphatic hydroxyl groups is 1. The van der Waals surface area contributed by atoms with Crippen LogP contribution in [0.25, 0.3) is 0 Å². The molecule has 1 fully saturated rings. The molecule has 2 heteroatoms. The minimum atomic E-state index is -0.0331. The van der Waals surface area contributed by atoms with Gasteiger partial charge in [0.2, 0.25) is 0 Å². The number of hydrogen-bond donors (Lipinski definition) is 1. The first-order valence-electron chi connectivity index (χ1n) is 6.55. The minimum Gasteiger partial charge on any atom is -0.393 e. The van der Waals surface area contributed by atoms with Gasteiger partial charge in [-0.3, -0.25) is 0 Å². The van der Waals surface area contributed by atoms with Crippen LogP contribution in [0.3, 0.4) is 0 Å². The van der Waals surface area contributed by atoms with E-state index in [0.717, 1.165) is 18.1 Å². The maximum Gasteiger partial charge on any atom is 0.0578 e. The molecule has 0 spiro atoms. The largest absolute Gasteiger partial charge is 0.393 e. The molecule has 1 aliphatic rings. The van der Waals surface area contributed by atoms with Crippen molar-refractivity contribution in [1.82, 2.24) is 0 Å². The summed E-state index contributed by atoms with van der Waals surface area (Å²) in [5, 5.41) is 10.2. The highest BCUT2D eigenvalue weighted by atomic mass is 32.2. The van der Waals surface area contributed by atoms with Crippen LogP contribution in [-0.2, 0) is 0 Å². The normalized spacial score (nSPS) is 29.0. The van der Waals surface area contributed by atoms with Crippen LogP contribution in [0.2, 0.25) is 0 Å². The molecule has 1 aliphatic carbocycles. The van der Waals surface area contributed by atoms with Gasteiger partial charge in [0.15, 0.2) is 0 Å². The van der Waals surface area contributed by atoms with Crippen LogP contribution in [-0.4, -0.2) is 22.7 Å². The van der Waals surface area contributed by atoms with Crippen LogP contribution in [0, 0.1) is 11.8 Å². The maximum atomic E-state index is 10.2. The van der Waals surface area contributed by atoms with Gasteiger partial charge in [-0.2, -0.15) is 11.8 Å². The third-order valence-corrected chi connectivity index (χ3v) is 4.68. The van der Waals surface area contributed by atoms with Crippen LogP contribution in [0.1, 0.15) is 52.4 Å². The van der Waals surface area contributed by atoms with Gasteiger partial charge in [-0.1, -0.05) is 39.5 Å². The lowest BCUT2D eigenvalue weighted by molar-refractivity contribution is 0.0444. The highest BCUT2D eigenvalue weighted by molar-refractivity contribution is 7.99. The van der Waals surface area contributed by atoms with Gasteiger partial charge in [-0.05, 0) is 36.2 Å². The van der Waals surface area contributed by atoms with E-state index in [4.69, 9.17) is 0 Å². The predicted octanol–water partition coefficient (Wildman–Crippen LogP) is 3.71. The summed E-state index contributed by atoms with van der Waals surface area (Å²) in [6.45, 7) is 4.46. The molecule has 1 nitrogen and oxygen atoms in total. The molecule has 0 heterocycles. The summed E-state index contributed by atoms with van der Waals surface area (Å²) in [4.78, 5) is 0. The van der Waals surface area contributed by atoms with Gasteiger partial charge in [0.1, 0.15) is 0 Å². The number of thioether (sulfide) groups is 1. The van der Waals surface area contributed by atoms with Crippen molar-refractivity contribution in [3.8, 4) is 0 Å². The molecular weight excluding hydrogens is 204 g/mol. The molecule has 1 N–H and O–H groups in total. The van der Waals surface area contributed by atoms with Crippen molar-refractivity contribution in [3.05, 3.63) is 0 Å². The standard InChI is InChI=1S/C13H26OS/c1-3-11-7-5-6-8-12(11)13(14)9-10-15-4-2/h11-14H,3-10H2,1-2H3. The molecule has 0 bridgehead atoms. The Morgan fingerprint density at radius 2 is 2.00 bits per heavy atom. The van der Waals surface area contributed by atoms with E-state index < -0.39 is 0 Å². The molecule has 90 valence electrons. The topological polar surface area (TPSA) is 20.2 Å². The quantitative estimate of drug-likeness (QED) is 0.702. The fourth-order valence-electron chi connectivity index (χ4n) is 2.81. The van der Waals surface area contributed by atoms with Gasteiger partial charge in [0, 0.05) is 0 Å². The van der Waals surface area contributed by atoms with E-state index >= 15 is 0 Å². The lowest BCUT2D eigenvalue weighted by Gasteiger charge is -2.34. The van der Waals surface area contributed by atoms with Crippen molar-refractivity contribution < 1.29 is 5.11 Å². The van der Waals surface area contributed by atoms with Gasteiger partial charge in [0.25, 0.3) is 0 Å². The lowest BCUT2D eigenvalue weighted by atomic mass is 9.74. The second-order valence-corrected chi connectivity index (χ2v) is 6.06. The van der Waals surface area contributed by atoms with Crippen molar-refractivity contribution in [2.45, 2.75) is 58.5 Å². The molecule has 1 saturated carbocycles. The summed E-state index contributed by atoms with van der Waals surface area (Å²) in [6, 6.07) is 0. The van der Waals surface area contributed by atoms with Gasteiger partial charge in [0.05, 0.1) is 6.10 Å². The SMILES string of the molecule is CCSCCC(O)C1CCCCC1CC. The second kappa shape index (κ2) is 7.56. The van der Waals surface area contributed by atoms with Crippen molar-refractivity contribution in [2.75, 3.05) is 11.5 Å². The van der Waals surface area contributed by atoms with Crippen molar-refractivity contribution >= 4 is 11.8 Å². The Balaban J connectivity index is 2.31. The second-order valence-electron chi connectivity index (χ2n) is 4.67. The molecule has 0 aliphatic heterocycles. The van der Waals surface area contributed by atoms with Crippen molar-refractivity contribution in [3.63, 3.8) is 0 Å². The maximum absolute atomic E-state index is 10.2. The van der Waals surface area contributed by atoms with Crippen LogP contribution >= 0.6 is 11.8 Å². The highest BCUT2D eigenvalue weighted by Gasteiger charge is 2.29. The summed E-state index contributed by atoms with van der Waals surface area (Å²) in [5.41, 5.74) is 0. The van der Waals surface area contributed by atoms with Crippen LogP contribution in [0.4, 0.5) is 0 Å². The first-order chi connectivity index (χ1) is 7.29.